The molecule has 1 rings (SSSR count). The molecule has 64 valence electrons. The van der Waals surface area contributed by atoms with Gasteiger partial charge in [-0.05, 0) is 6.07 Å². The maximum absolute atomic E-state index is 12.4. The summed E-state index contributed by atoms with van der Waals surface area (Å²) in [4.78, 5) is 10.2. The molecular formula is C7H3F2O3-. The van der Waals surface area contributed by atoms with E-state index >= 15 is 0 Å². The fraction of sp³-hybridized carbons (Fsp3) is 0. The molecule has 0 saturated carbocycles. The van der Waals surface area contributed by atoms with Crippen LogP contribution in [-0.4, -0.2) is 11.1 Å². The molecule has 0 aromatic heterocycles. The van der Waals surface area contributed by atoms with Gasteiger partial charge >= 0.3 is 5.97 Å². The van der Waals surface area contributed by atoms with Crippen LogP contribution in [0.1, 0.15) is 10.4 Å². The van der Waals surface area contributed by atoms with Gasteiger partial charge in [0.1, 0.15) is 11.6 Å². The van der Waals surface area contributed by atoms with E-state index in [-0.39, 0.29) is 0 Å². The molecule has 0 aliphatic carbocycles. The second kappa shape index (κ2) is 2.77. The third kappa shape index (κ3) is 1.34. The number of benzene rings is 1. The zero-order chi connectivity index (χ0) is 9.30. The Bertz CT molecular complexity index is 336. The number of rotatable bonds is 1. The lowest BCUT2D eigenvalue weighted by Gasteiger charge is -2.10. The van der Waals surface area contributed by atoms with Crippen molar-refractivity contribution in [3.05, 3.63) is 29.3 Å². The highest BCUT2D eigenvalue weighted by atomic mass is 19.1. The van der Waals surface area contributed by atoms with E-state index in [0.29, 0.717) is 12.1 Å². The van der Waals surface area contributed by atoms with Gasteiger partial charge < -0.3 is 10.2 Å². The Labute approximate surface area is 65.9 Å². The first kappa shape index (κ1) is 8.45. The maximum atomic E-state index is 12.4. The summed E-state index contributed by atoms with van der Waals surface area (Å²) in [5, 5.41) is 18.9. The fourth-order valence-corrected chi connectivity index (χ4v) is 0.719. The van der Waals surface area contributed by atoms with Crippen LogP contribution in [0.15, 0.2) is 12.1 Å². The van der Waals surface area contributed by atoms with Gasteiger partial charge in [-0.25, -0.2) is 13.6 Å². The van der Waals surface area contributed by atoms with E-state index < -0.39 is 28.9 Å². The molecule has 1 N–H and O–H groups in total. The summed E-state index contributed by atoms with van der Waals surface area (Å²) in [6, 6.07) is 0.822. The summed E-state index contributed by atoms with van der Waals surface area (Å²) in [5.41, 5.74) is -0.896. The van der Waals surface area contributed by atoms with Crippen molar-refractivity contribution in [3.63, 3.8) is 0 Å². The highest BCUT2D eigenvalue weighted by molar-refractivity contribution is 5.90. The van der Waals surface area contributed by atoms with Crippen molar-refractivity contribution in [1.29, 1.82) is 0 Å². The minimum atomic E-state index is -1.64. The van der Waals surface area contributed by atoms with Crippen molar-refractivity contribution in [2.24, 2.45) is 0 Å². The van der Waals surface area contributed by atoms with Gasteiger partial charge in [0.2, 0.25) is 0 Å². The van der Waals surface area contributed by atoms with Gasteiger partial charge in [0.25, 0.3) is 0 Å². The lowest BCUT2D eigenvalue weighted by Crippen LogP contribution is -2.06. The van der Waals surface area contributed by atoms with Gasteiger partial charge in [-0.2, -0.15) is 0 Å². The van der Waals surface area contributed by atoms with Crippen LogP contribution in [0.25, 0.3) is 0 Å². The van der Waals surface area contributed by atoms with E-state index in [2.05, 4.69) is 0 Å². The average molecular weight is 173 g/mol. The summed E-state index contributed by atoms with van der Waals surface area (Å²) in [6.45, 7) is 0. The van der Waals surface area contributed by atoms with Crippen LogP contribution in [0.3, 0.4) is 0 Å². The molecule has 3 nitrogen and oxygen atoms in total. The summed E-state index contributed by atoms with van der Waals surface area (Å²) in [5.74, 6) is -5.42. The van der Waals surface area contributed by atoms with Crippen LogP contribution < -0.4 is 5.11 Å². The van der Waals surface area contributed by atoms with Crippen molar-refractivity contribution < 1.29 is 23.8 Å². The number of carboxylic acids is 1. The van der Waals surface area contributed by atoms with Gasteiger partial charge in [-0.3, -0.25) is 0 Å². The Morgan fingerprint density at radius 2 is 2.00 bits per heavy atom. The minimum absolute atomic E-state index is 0.342. The molecule has 0 unspecified atom stereocenters. The van der Waals surface area contributed by atoms with Crippen LogP contribution in [0.4, 0.5) is 8.78 Å². The molecule has 5 heteroatoms. The van der Waals surface area contributed by atoms with E-state index in [4.69, 9.17) is 5.11 Å². The number of aromatic carboxylic acids is 1. The molecule has 0 aliphatic heterocycles. The van der Waals surface area contributed by atoms with Crippen LogP contribution >= 0.6 is 0 Å². The smallest absolute Gasteiger partial charge is 0.335 e. The monoisotopic (exact) mass is 173 g/mol. The van der Waals surface area contributed by atoms with Crippen LogP contribution in [0.2, 0.25) is 0 Å². The Kier molecular flexibility index (Phi) is 1.95. The van der Waals surface area contributed by atoms with Crippen molar-refractivity contribution in [3.8, 4) is 5.75 Å². The lowest BCUT2D eigenvalue weighted by atomic mass is 10.2. The van der Waals surface area contributed by atoms with Gasteiger partial charge in [0.15, 0.2) is 0 Å². The van der Waals surface area contributed by atoms with Crippen molar-refractivity contribution >= 4 is 5.97 Å². The van der Waals surface area contributed by atoms with Gasteiger partial charge in [-0.1, -0.05) is 5.75 Å². The second-order valence-electron chi connectivity index (χ2n) is 2.07. The number of halogens is 2. The quantitative estimate of drug-likeness (QED) is 0.681. The molecule has 0 spiro atoms. The number of carboxylic acid groups (broad SMARTS) is 1. The number of carbonyl (C=O) groups is 1. The van der Waals surface area contributed by atoms with E-state index in [1.165, 1.54) is 0 Å². The Hall–Kier alpha value is -1.65. The first-order valence-electron chi connectivity index (χ1n) is 2.91. The standard InChI is InChI=1S/C7H4F2O3/c8-3-1-4(7(11)12)6(10)5(9)2-3/h1-2,10H,(H,11,12)/p-1. The van der Waals surface area contributed by atoms with Crippen LogP contribution in [-0.2, 0) is 0 Å². The molecule has 0 aliphatic rings. The van der Waals surface area contributed by atoms with Gasteiger partial charge in [0, 0.05) is 6.07 Å². The Morgan fingerprint density at radius 3 is 2.50 bits per heavy atom. The molecule has 0 bridgehead atoms. The van der Waals surface area contributed by atoms with E-state index in [1.54, 1.807) is 0 Å². The molecule has 0 fully saturated rings. The molecule has 0 amide bonds. The van der Waals surface area contributed by atoms with Crippen molar-refractivity contribution in [2.75, 3.05) is 0 Å². The van der Waals surface area contributed by atoms with Gasteiger partial charge in [-0.15, -0.1) is 0 Å². The average Bonchev–Trinajstić information content (AvgIpc) is 1.96. The maximum Gasteiger partial charge on any atom is 0.335 e. The predicted octanol–water partition coefficient (Wildman–Crippen LogP) is 0.737. The second-order valence-corrected chi connectivity index (χ2v) is 2.07. The van der Waals surface area contributed by atoms with Crippen molar-refractivity contribution in [1.82, 2.24) is 0 Å². The highest BCUT2D eigenvalue weighted by Crippen LogP contribution is 2.19. The molecule has 1 aromatic rings. The summed E-state index contributed by atoms with van der Waals surface area (Å²) < 4.78 is 24.7. The largest absolute Gasteiger partial charge is 0.870 e. The number of hydrogen-bond donors (Lipinski definition) is 1. The lowest BCUT2D eigenvalue weighted by molar-refractivity contribution is -0.273. The fourth-order valence-electron chi connectivity index (χ4n) is 0.719. The van der Waals surface area contributed by atoms with Gasteiger partial charge in [0.05, 0.1) is 5.56 Å². The first-order valence-corrected chi connectivity index (χ1v) is 2.91. The predicted molar refractivity (Wildman–Crippen MR) is 32.8 cm³/mol. The third-order valence-electron chi connectivity index (χ3n) is 1.24. The zero-order valence-electron chi connectivity index (χ0n) is 5.67. The topological polar surface area (TPSA) is 60.4 Å². The number of hydrogen-bond acceptors (Lipinski definition) is 2. The zero-order valence-corrected chi connectivity index (χ0v) is 5.67. The minimum Gasteiger partial charge on any atom is -0.870 e. The van der Waals surface area contributed by atoms with Crippen LogP contribution in [0, 0.1) is 11.6 Å². The summed E-state index contributed by atoms with van der Waals surface area (Å²) in [7, 11) is 0. The molecule has 0 atom stereocenters. The van der Waals surface area contributed by atoms with Crippen LogP contribution in [0.5, 0.6) is 5.75 Å². The summed E-state index contributed by atoms with van der Waals surface area (Å²) in [6.07, 6.45) is 0. The SMILES string of the molecule is O=C(O)c1cc(F)cc(F)c1[O-]. The highest BCUT2D eigenvalue weighted by Gasteiger charge is 2.09. The Balaban J connectivity index is 3.37. The molecule has 0 saturated heterocycles. The third-order valence-corrected chi connectivity index (χ3v) is 1.24. The molecule has 12 heavy (non-hydrogen) atoms. The molecular weight excluding hydrogens is 170 g/mol. The molecule has 0 heterocycles. The van der Waals surface area contributed by atoms with E-state index in [1.807, 2.05) is 0 Å². The first-order chi connectivity index (χ1) is 5.52. The Morgan fingerprint density at radius 1 is 1.42 bits per heavy atom. The van der Waals surface area contributed by atoms with E-state index in [0.717, 1.165) is 0 Å². The molecule has 0 radical (unpaired) electrons. The normalized spacial score (nSPS) is 9.83. The summed E-state index contributed by atoms with van der Waals surface area (Å²) >= 11 is 0. The molecule has 1 aromatic carbocycles. The van der Waals surface area contributed by atoms with E-state index in [9.17, 15) is 18.7 Å². The van der Waals surface area contributed by atoms with Crippen molar-refractivity contribution in [2.45, 2.75) is 0 Å².